The Kier molecular flexibility index (Phi) is 8.97. The number of benzene rings is 3. The predicted octanol–water partition coefficient (Wildman–Crippen LogP) is 3.37. The fourth-order valence-corrected chi connectivity index (χ4v) is 3.35. The van der Waals surface area contributed by atoms with Crippen LogP contribution in [0.5, 0.6) is 11.5 Å². The summed E-state index contributed by atoms with van der Waals surface area (Å²) in [6, 6.07) is 20.2. The van der Waals surface area contributed by atoms with Crippen molar-refractivity contribution in [2.75, 3.05) is 31.7 Å². The molecule has 0 heterocycles. The second-order valence-electron chi connectivity index (χ2n) is 7.80. The number of Topliss-reactive ketones (excluding diaryl/α,β-unsaturated/α-hetero) is 1. The number of hydrogen-bond donors (Lipinski definition) is 2. The molecule has 0 aliphatic carbocycles. The molecular formula is C27H28N2O6. The van der Waals surface area contributed by atoms with Crippen LogP contribution in [0.1, 0.15) is 32.7 Å². The highest BCUT2D eigenvalue weighted by molar-refractivity contribution is 6.05. The second-order valence-corrected chi connectivity index (χ2v) is 7.80. The fraction of sp³-hybridized carbons (Fsp3) is 0.222. The van der Waals surface area contributed by atoms with E-state index in [2.05, 4.69) is 0 Å². The van der Waals surface area contributed by atoms with E-state index in [0.717, 1.165) is 5.56 Å². The van der Waals surface area contributed by atoms with Crippen LogP contribution in [0.15, 0.2) is 72.8 Å². The summed E-state index contributed by atoms with van der Waals surface area (Å²) in [5.41, 5.74) is 7.23. The number of esters is 1. The number of phenols is 1. The normalized spacial score (nSPS) is 10.5. The molecule has 0 aliphatic rings. The molecular weight excluding hydrogens is 448 g/mol. The van der Waals surface area contributed by atoms with Crippen LogP contribution in [0.2, 0.25) is 0 Å². The molecule has 0 atom stereocenters. The quantitative estimate of drug-likeness (QED) is 0.322. The van der Waals surface area contributed by atoms with Crippen LogP contribution in [-0.2, 0) is 16.0 Å². The van der Waals surface area contributed by atoms with E-state index in [1.807, 2.05) is 30.3 Å². The third kappa shape index (κ3) is 7.15. The Hall–Kier alpha value is -4.17. The number of nitrogens with zero attached hydrogens (tertiary/aromatic N) is 1. The van der Waals surface area contributed by atoms with Gasteiger partial charge < -0.3 is 25.2 Å². The van der Waals surface area contributed by atoms with Crippen molar-refractivity contribution in [3.8, 4) is 11.5 Å². The Labute approximate surface area is 203 Å². The maximum Gasteiger partial charge on any atom is 0.340 e. The van der Waals surface area contributed by atoms with Crippen LogP contribution < -0.4 is 15.4 Å². The number of carbonyl (C=O) groups is 3. The molecule has 0 unspecified atom stereocenters. The molecule has 3 N–H and O–H groups in total. The van der Waals surface area contributed by atoms with Crippen molar-refractivity contribution in [3.63, 3.8) is 0 Å². The van der Waals surface area contributed by atoms with Crippen molar-refractivity contribution in [1.29, 1.82) is 0 Å². The van der Waals surface area contributed by atoms with Crippen molar-refractivity contribution in [1.82, 2.24) is 0 Å². The molecule has 182 valence electrons. The number of anilines is 1. The van der Waals surface area contributed by atoms with E-state index in [1.165, 1.54) is 48.3 Å². The SMILES string of the molecule is CN(C(=O)COc1ccc(O)cc1)c1cc(C(=O)CCc2ccccc2)ccc1C(=O)OCCN. The molecule has 1 amide bonds. The van der Waals surface area contributed by atoms with Gasteiger partial charge in [-0.3, -0.25) is 9.59 Å². The van der Waals surface area contributed by atoms with Gasteiger partial charge in [-0.2, -0.15) is 0 Å². The smallest absolute Gasteiger partial charge is 0.340 e. The van der Waals surface area contributed by atoms with Gasteiger partial charge in [0, 0.05) is 25.6 Å². The van der Waals surface area contributed by atoms with Gasteiger partial charge in [0.25, 0.3) is 5.91 Å². The van der Waals surface area contributed by atoms with Crippen LogP contribution in [0.3, 0.4) is 0 Å². The topological polar surface area (TPSA) is 119 Å². The largest absolute Gasteiger partial charge is 0.508 e. The number of hydrogen-bond acceptors (Lipinski definition) is 7. The minimum absolute atomic E-state index is 0.0255. The number of nitrogens with two attached hydrogens (primary N) is 1. The van der Waals surface area contributed by atoms with Gasteiger partial charge in [0.1, 0.15) is 18.1 Å². The lowest BCUT2D eigenvalue weighted by Gasteiger charge is -2.21. The first-order valence-corrected chi connectivity index (χ1v) is 11.2. The maximum atomic E-state index is 12.9. The van der Waals surface area contributed by atoms with Gasteiger partial charge in [-0.05, 0) is 48.4 Å². The molecule has 35 heavy (non-hydrogen) atoms. The number of carbonyl (C=O) groups excluding carboxylic acids is 3. The average molecular weight is 477 g/mol. The lowest BCUT2D eigenvalue weighted by atomic mass is 10.00. The molecule has 8 heteroatoms. The van der Waals surface area contributed by atoms with Crippen molar-refractivity contribution < 1.29 is 29.0 Å². The van der Waals surface area contributed by atoms with Crippen LogP contribution in [-0.4, -0.2) is 49.6 Å². The zero-order valence-corrected chi connectivity index (χ0v) is 19.5. The minimum Gasteiger partial charge on any atom is -0.508 e. The summed E-state index contributed by atoms with van der Waals surface area (Å²) >= 11 is 0. The number of amides is 1. The summed E-state index contributed by atoms with van der Waals surface area (Å²) in [6.45, 7) is -0.130. The lowest BCUT2D eigenvalue weighted by molar-refractivity contribution is -0.120. The van der Waals surface area contributed by atoms with Crippen LogP contribution in [0, 0.1) is 0 Å². The molecule has 0 aliphatic heterocycles. The molecule has 0 bridgehead atoms. The third-order valence-electron chi connectivity index (χ3n) is 5.31. The molecule has 3 rings (SSSR count). The number of rotatable bonds is 11. The highest BCUT2D eigenvalue weighted by atomic mass is 16.5. The minimum atomic E-state index is -0.646. The summed E-state index contributed by atoms with van der Waals surface area (Å²) in [5.74, 6) is -0.724. The molecule has 0 saturated carbocycles. The Morgan fingerprint density at radius 3 is 2.37 bits per heavy atom. The number of ether oxygens (including phenoxy) is 2. The van der Waals surface area contributed by atoms with Gasteiger partial charge >= 0.3 is 5.97 Å². The Morgan fingerprint density at radius 1 is 0.971 bits per heavy atom. The van der Waals surface area contributed by atoms with E-state index in [4.69, 9.17) is 15.2 Å². The van der Waals surface area contributed by atoms with Crippen LogP contribution in [0.25, 0.3) is 0 Å². The number of aromatic hydroxyl groups is 1. The number of likely N-dealkylation sites (N-methyl/N-ethyl adjacent to an activating group) is 1. The van der Waals surface area contributed by atoms with E-state index in [-0.39, 0.29) is 49.0 Å². The summed E-state index contributed by atoms with van der Waals surface area (Å²) < 4.78 is 10.6. The first-order chi connectivity index (χ1) is 16.9. The first kappa shape index (κ1) is 25.5. The molecule has 8 nitrogen and oxygen atoms in total. The Balaban J connectivity index is 1.79. The maximum absolute atomic E-state index is 12.9. The second kappa shape index (κ2) is 12.3. The Bertz CT molecular complexity index is 1160. The number of ketones is 1. The van der Waals surface area contributed by atoms with Gasteiger partial charge in [0.05, 0.1) is 11.3 Å². The van der Waals surface area contributed by atoms with Gasteiger partial charge in [-0.15, -0.1) is 0 Å². The summed E-state index contributed by atoms with van der Waals surface area (Å²) in [5, 5.41) is 9.38. The van der Waals surface area contributed by atoms with Gasteiger partial charge in [0.2, 0.25) is 0 Å². The standard InChI is InChI=1S/C27H28N2O6/c1-29(26(32)18-35-22-11-9-21(30)10-12-22)24-17-20(8-13-23(24)27(33)34-16-15-28)25(31)14-7-19-5-3-2-4-6-19/h2-6,8-13,17,30H,7,14-16,18,28H2,1H3. The number of phenolic OH excluding ortho intramolecular Hbond substituents is 1. The fourth-order valence-electron chi connectivity index (χ4n) is 3.35. The summed E-state index contributed by atoms with van der Waals surface area (Å²) in [6.07, 6.45) is 0.854. The average Bonchev–Trinajstić information content (AvgIpc) is 2.89. The molecule has 0 fully saturated rings. The highest BCUT2D eigenvalue weighted by Crippen LogP contribution is 2.25. The van der Waals surface area contributed by atoms with Crippen molar-refractivity contribution in [2.24, 2.45) is 5.73 Å². The van der Waals surface area contributed by atoms with E-state index >= 15 is 0 Å². The predicted molar refractivity (Wildman–Crippen MR) is 132 cm³/mol. The Morgan fingerprint density at radius 2 is 1.69 bits per heavy atom. The van der Waals surface area contributed by atoms with Gasteiger partial charge in [-0.25, -0.2) is 4.79 Å². The molecule has 0 saturated heterocycles. The molecule has 3 aromatic rings. The van der Waals surface area contributed by atoms with Crippen molar-refractivity contribution in [2.45, 2.75) is 12.8 Å². The van der Waals surface area contributed by atoms with E-state index in [0.29, 0.717) is 17.7 Å². The van der Waals surface area contributed by atoms with E-state index in [9.17, 15) is 19.5 Å². The zero-order valence-electron chi connectivity index (χ0n) is 19.5. The third-order valence-corrected chi connectivity index (χ3v) is 5.31. The molecule has 0 aromatic heterocycles. The molecule has 3 aromatic carbocycles. The molecule has 0 radical (unpaired) electrons. The van der Waals surface area contributed by atoms with Crippen molar-refractivity contribution >= 4 is 23.3 Å². The number of aryl methyl sites for hydroxylation is 1. The van der Waals surface area contributed by atoms with Gasteiger partial charge in [0.15, 0.2) is 12.4 Å². The van der Waals surface area contributed by atoms with Crippen LogP contribution in [0.4, 0.5) is 5.69 Å². The van der Waals surface area contributed by atoms with Crippen molar-refractivity contribution in [3.05, 3.63) is 89.5 Å². The van der Waals surface area contributed by atoms with E-state index in [1.54, 1.807) is 6.07 Å². The summed E-state index contributed by atoms with van der Waals surface area (Å²) in [4.78, 5) is 39.6. The zero-order chi connectivity index (χ0) is 25.2. The highest BCUT2D eigenvalue weighted by Gasteiger charge is 2.22. The summed E-state index contributed by atoms with van der Waals surface area (Å²) in [7, 11) is 1.50. The van der Waals surface area contributed by atoms with Crippen LogP contribution >= 0.6 is 0 Å². The van der Waals surface area contributed by atoms with Gasteiger partial charge in [-0.1, -0.05) is 36.4 Å². The molecule has 0 spiro atoms. The van der Waals surface area contributed by atoms with E-state index < -0.39 is 11.9 Å². The monoisotopic (exact) mass is 476 g/mol. The first-order valence-electron chi connectivity index (χ1n) is 11.2. The lowest BCUT2D eigenvalue weighted by Crippen LogP contribution is -2.33.